The zero-order valence-electron chi connectivity index (χ0n) is 8.93. The molecule has 15 heavy (non-hydrogen) atoms. The van der Waals surface area contributed by atoms with Gasteiger partial charge in [-0.15, -0.1) is 6.58 Å². The lowest BCUT2D eigenvalue weighted by Crippen LogP contribution is -2.27. The van der Waals surface area contributed by atoms with E-state index in [1.807, 2.05) is 6.92 Å². The molecule has 0 amide bonds. The Bertz CT molecular complexity index is 362. The molecule has 86 valence electrons. The Hall–Kier alpha value is -0.490. The second kappa shape index (κ2) is 5.03. The summed E-state index contributed by atoms with van der Waals surface area (Å²) in [5.41, 5.74) is 0. The molecule has 0 saturated carbocycles. The number of aliphatic imine (C=N–C) groups is 1. The van der Waals surface area contributed by atoms with E-state index in [-0.39, 0.29) is 17.8 Å². The molecule has 0 radical (unpaired) electrons. The van der Waals surface area contributed by atoms with Crippen LogP contribution in [-0.2, 0) is 9.84 Å². The summed E-state index contributed by atoms with van der Waals surface area (Å²) in [5, 5.41) is 3.96. The second-order valence-electron chi connectivity index (χ2n) is 3.66. The fraction of sp³-hybridized carbons (Fsp3) is 0.667. The van der Waals surface area contributed by atoms with Crippen LogP contribution in [0.1, 0.15) is 6.92 Å². The van der Waals surface area contributed by atoms with Crippen molar-refractivity contribution in [2.45, 2.75) is 19.0 Å². The van der Waals surface area contributed by atoms with Gasteiger partial charge in [-0.2, -0.15) is 0 Å². The average molecular weight is 248 g/mol. The lowest BCUT2D eigenvalue weighted by Gasteiger charge is -2.08. The molecule has 0 aromatic carbocycles. The van der Waals surface area contributed by atoms with E-state index in [0.29, 0.717) is 0 Å². The van der Waals surface area contributed by atoms with Gasteiger partial charge in [0.1, 0.15) is 9.84 Å². The molecule has 1 rings (SSSR count). The summed E-state index contributed by atoms with van der Waals surface area (Å²) in [4.78, 5) is 4.30. The van der Waals surface area contributed by atoms with Crippen LogP contribution in [0, 0.1) is 0 Å². The maximum absolute atomic E-state index is 11.1. The predicted octanol–water partition coefficient (Wildman–Crippen LogP) is 0.667. The monoisotopic (exact) mass is 248 g/mol. The van der Waals surface area contributed by atoms with Gasteiger partial charge in [0.15, 0.2) is 5.17 Å². The molecule has 0 aromatic heterocycles. The van der Waals surface area contributed by atoms with Crippen molar-refractivity contribution in [2.75, 3.05) is 17.8 Å². The predicted molar refractivity (Wildman–Crippen MR) is 66.2 cm³/mol. The molecule has 6 heteroatoms. The van der Waals surface area contributed by atoms with Crippen molar-refractivity contribution in [1.82, 2.24) is 5.32 Å². The Morgan fingerprint density at radius 1 is 1.80 bits per heavy atom. The first-order valence-corrected chi connectivity index (χ1v) is 7.73. The van der Waals surface area contributed by atoms with Crippen LogP contribution in [0.25, 0.3) is 0 Å². The molecule has 2 unspecified atom stereocenters. The minimum Gasteiger partial charge on any atom is -0.359 e. The van der Waals surface area contributed by atoms with Crippen molar-refractivity contribution in [3.63, 3.8) is 0 Å². The number of thioether (sulfide) groups is 1. The second-order valence-corrected chi connectivity index (χ2v) is 6.85. The van der Waals surface area contributed by atoms with E-state index in [4.69, 9.17) is 0 Å². The van der Waals surface area contributed by atoms with Gasteiger partial charge in [0, 0.05) is 18.1 Å². The maximum Gasteiger partial charge on any atom is 0.157 e. The van der Waals surface area contributed by atoms with E-state index in [9.17, 15) is 8.42 Å². The van der Waals surface area contributed by atoms with Crippen LogP contribution in [0.4, 0.5) is 0 Å². The molecule has 1 heterocycles. The summed E-state index contributed by atoms with van der Waals surface area (Å²) in [7, 11) is -2.93. The Morgan fingerprint density at radius 3 is 3.00 bits per heavy atom. The van der Waals surface area contributed by atoms with Crippen molar-refractivity contribution < 1.29 is 8.42 Å². The standard InChI is InChI=1S/C9H16N2O2S2/c1-4-7(2)10-9-11-8(5-14-9)6-15(3,12)13/h4,7-8H,1,5-6H2,2-3H3,(H,10,11). The van der Waals surface area contributed by atoms with Crippen LogP contribution >= 0.6 is 11.8 Å². The highest BCUT2D eigenvalue weighted by Crippen LogP contribution is 2.18. The third-order valence-corrected chi connectivity index (χ3v) is 3.95. The van der Waals surface area contributed by atoms with E-state index in [2.05, 4.69) is 16.9 Å². The van der Waals surface area contributed by atoms with Gasteiger partial charge in [0.2, 0.25) is 0 Å². The minimum atomic E-state index is -2.93. The molecular formula is C9H16N2O2S2. The minimum absolute atomic E-state index is 0.107. The molecule has 0 saturated heterocycles. The molecule has 0 spiro atoms. The Balaban J connectivity index is 2.51. The average Bonchev–Trinajstić information content (AvgIpc) is 2.49. The number of hydrogen-bond acceptors (Lipinski definition) is 5. The number of rotatable bonds is 4. The Labute approximate surface area is 95.2 Å². The first-order valence-electron chi connectivity index (χ1n) is 4.68. The topological polar surface area (TPSA) is 58.5 Å². The van der Waals surface area contributed by atoms with E-state index in [1.165, 1.54) is 6.26 Å². The molecule has 1 aliphatic heterocycles. The largest absolute Gasteiger partial charge is 0.359 e. The van der Waals surface area contributed by atoms with Gasteiger partial charge in [-0.3, -0.25) is 4.99 Å². The van der Waals surface area contributed by atoms with E-state index >= 15 is 0 Å². The van der Waals surface area contributed by atoms with Gasteiger partial charge < -0.3 is 5.32 Å². The first-order chi connectivity index (χ1) is 6.90. The van der Waals surface area contributed by atoms with Crippen LogP contribution in [0.3, 0.4) is 0 Å². The SMILES string of the molecule is C=CC(C)NC1=NC(CS(C)(=O)=O)CS1. The fourth-order valence-electron chi connectivity index (χ4n) is 1.18. The summed E-state index contributed by atoms with van der Waals surface area (Å²) in [6.45, 7) is 5.63. The zero-order chi connectivity index (χ0) is 11.5. The van der Waals surface area contributed by atoms with Gasteiger partial charge in [0.05, 0.1) is 11.8 Å². The van der Waals surface area contributed by atoms with Crippen LogP contribution in [0.2, 0.25) is 0 Å². The highest BCUT2D eigenvalue weighted by atomic mass is 32.2. The molecule has 1 N–H and O–H groups in total. The van der Waals surface area contributed by atoms with Crippen molar-refractivity contribution in [2.24, 2.45) is 4.99 Å². The quantitative estimate of drug-likeness (QED) is 0.743. The normalized spacial score (nSPS) is 23.3. The van der Waals surface area contributed by atoms with Crippen molar-refractivity contribution in [1.29, 1.82) is 0 Å². The molecule has 0 bridgehead atoms. The Kier molecular flexibility index (Phi) is 4.21. The summed E-state index contributed by atoms with van der Waals surface area (Å²) in [6, 6.07) is 0.0535. The van der Waals surface area contributed by atoms with Crippen molar-refractivity contribution in [3.8, 4) is 0 Å². The molecular weight excluding hydrogens is 232 g/mol. The van der Waals surface area contributed by atoms with Crippen molar-refractivity contribution in [3.05, 3.63) is 12.7 Å². The number of nitrogens with zero attached hydrogens (tertiary/aromatic N) is 1. The fourth-order valence-corrected chi connectivity index (χ4v) is 3.26. The molecule has 0 aliphatic carbocycles. The summed E-state index contributed by atoms with van der Waals surface area (Å²) < 4.78 is 22.1. The molecule has 0 aromatic rings. The van der Waals surface area contributed by atoms with Gasteiger partial charge >= 0.3 is 0 Å². The summed E-state index contributed by atoms with van der Waals surface area (Å²) in [5.74, 6) is 0.868. The molecule has 2 atom stereocenters. The number of amidine groups is 1. The van der Waals surface area contributed by atoms with Gasteiger partial charge in [-0.05, 0) is 6.92 Å². The van der Waals surface area contributed by atoms with Crippen LogP contribution < -0.4 is 5.32 Å². The third kappa shape index (κ3) is 4.70. The highest BCUT2D eigenvalue weighted by Gasteiger charge is 2.22. The first kappa shape index (κ1) is 12.6. The van der Waals surface area contributed by atoms with Crippen LogP contribution in [0.5, 0.6) is 0 Å². The summed E-state index contributed by atoms with van der Waals surface area (Å²) in [6.07, 6.45) is 3.03. The lowest BCUT2D eigenvalue weighted by atomic mass is 10.3. The van der Waals surface area contributed by atoms with Crippen LogP contribution in [0.15, 0.2) is 17.6 Å². The lowest BCUT2D eigenvalue weighted by molar-refractivity contribution is 0.597. The van der Waals surface area contributed by atoms with Gasteiger partial charge in [0.25, 0.3) is 0 Å². The third-order valence-electron chi connectivity index (χ3n) is 1.91. The van der Waals surface area contributed by atoms with E-state index in [1.54, 1.807) is 17.8 Å². The van der Waals surface area contributed by atoms with E-state index in [0.717, 1.165) is 10.9 Å². The Morgan fingerprint density at radius 2 is 2.47 bits per heavy atom. The number of nitrogens with one attached hydrogen (secondary N) is 1. The maximum atomic E-state index is 11.1. The summed E-state index contributed by atoms with van der Waals surface area (Å²) >= 11 is 1.56. The van der Waals surface area contributed by atoms with E-state index < -0.39 is 9.84 Å². The number of sulfone groups is 1. The van der Waals surface area contributed by atoms with Crippen molar-refractivity contribution >= 4 is 26.8 Å². The van der Waals surface area contributed by atoms with Gasteiger partial charge in [-0.25, -0.2) is 8.42 Å². The smallest absolute Gasteiger partial charge is 0.157 e. The molecule has 4 nitrogen and oxygen atoms in total. The highest BCUT2D eigenvalue weighted by molar-refractivity contribution is 8.14. The van der Waals surface area contributed by atoms with Crippen LogP contribution in [-0.4, -0.2) is 43.4 Å². The van der Waals surface area contributed by atoms with Gasteiger partial charge in [-0.1, -0.05) is 17.8 Å². The number of hydrogen-bond donors (Lipinski definition) is 1. The molecule has 1 aliphatic rings. The zero-order valence-corrected chi connectivity index (χ0v) is 10.6. The molecule has 0 fully saturated rings.